The molecule has 1 aromatic heterocycles. The monoisotopic (exact) mass is 466 g/mol. The van der Waals surface area contributed by atoms with Crippen molar-refractivity contribution in [1.82, 2.24) is 9.78 Å². The van der Waals surface area contributed by atoms with Crippen LogP contribution in [0.25, 0.3) is 5.69 Å². The third kappa shape index (κ3) is 4.62. The number of aromatic nitrogens is 2. The fourth-order valence-electron chi connectivity index (χ4n) is 3.69. The van der Waals surface area contributed by atoms with Crippen molar-refractivity contribution in [3.8, 4) is 11.4 Å². The van der Waals surface area contributed by atoms with E-state index < -0.39 is 29.3 Å². The quantitative estimate of drug-likeness (QED) is 0.536. The minimum atomic E-state index is -4.55. The van der Waals surface area contributed by atoms with Crippen molar-refractivity contribution >= 4 is 17.3 Å². The van der Waals surface area contributed by atoms with Crippen LogP contribution in [0.4, 0.5) is 33.3 Å². The molecule has 174 valence electrons. The van der Waals surface area contributed by atoms with Crippen molar-refractivity contribution in [3.05, 3.63) is 65.5 Å². The van der Waals surface area contributed by atoms with Crippen molar-refractivity contribution in [2.75, 3.05) is 30.4 Å². The molecule has 0 aliphatic carbocycles. The van der Waals surface area contributed by atoms with E-state index in [4.69, 9.17) is 4.74 Å². The van der Waals surface area contributed by atoms with Gasteiger partial charge in [-0.1, -0.05) is 6.07 Å². The largest absolute Gasteiger partial charge is 0.493 e. The number of anilines is 2. The van der Waals surface area contributed by atoms with Crippen molar-refractivity contribution < 1.29 is 31.5 Å². The van der Waals surface area contributed by atoms with Crippen molar-refractivity contribution in [2.24, 2.45) is 0 Å². The van der Waals surface area contributed by atoms with Gasteiger partial charge in [0.1, 0.15) is 5.69 Å². The molecule has 0 saturated carbocycles. The summed E-state index contributed by atoms with van der Waals surface area (Å²) in [5, 5.41) is 6.37. The number of nitrogens with one attached hydrogen (secondary N) is 1. The van der Waals surface area contributed by atoms with Crippen LogP contribution >= 0.6 is 0 Å². The fraction of sp³-hybridized carbons (Fsp3) is 0.273. The Hall–Kier alpha value is -3.63. The molecule has 11 heteroatoms. The number of ether oxygens (including phenoxy) is 1. The molecule has 1 amide bonds. The molecule has 3 aromatic rings. The predicted octanol–water partition coefficient (Wildman–Crippen LogP) is 5.03. The van der Waals surface area contributed by atoms with Gasteiger partial charge in [0.15, 0.2) is 23.1 Å². The number of hydrogen-bond acceptors (Lipinski definition) is 4. The number of halogens is 5. The smallest absolute Gasteiger partial charge is 0.416 e. The highest BCUT2D eigenvalue weighted by Gasteiger charge is 2.31. The maximum absolute atomic E-state index is 14.6. The molecule has 1 fully saturated rings. The SMILES string of the molecule is COc1cn(-c2cccc(C(F)(F)F)c2)nc1C(=O)Nc1cc(F)c(N2CCCC2)c(F)c1. The second-order valence-electron chi connectivity index (χ2n) is 7.48. The minimum absolute atomic E-state index is 0.0282. The van der Waals surface area contributed by atoms with E-state index in [2.05, 4.69) is 10.4 Å². The topological polar surface area (TPSA) is 59.4 Å². The van der Waals surface area contributed by atoms with Gasteiger partial charge < -0.3 is 15.0 Å². The van der Waals surface area contributed by atoms with Gasteiger partial charge in [-0.15, -0.1) is 0 Å². The van der Waals surface area contributed by atoms with Gasteiger partial charge in [-0.05, 0) is 43.2 Å². The van der Waals surface area contributed by atoms with Gasteiger partial charge in [-0.3, -0.25) is 4.79 Å². The molecule has 1 saturated heterocycles. The minimum Gasteiger partial charge on any atom is -0.493 e. The highest BCUT2D eigenvalue weighted by molar-refractivity contribution is 6.04. The Balaban J connectivity index is 1.60. The molecule has 0 bridgehead atoms. The zero-order chi connectivity index (χ0) is 23.8. The first-order valence-corrected chi connectivity index (χ1v) is 10.0. The van der Waals surface area contributed by atoms with E-state index in [1.807, 2.05) is 0 Å². The van der Waals surface area contributed by atoms with E-state index >= 15 is 0 Å². The predicted molar refractivity (Wildman–Crippen MR) is 111 cm³/mol. The van der Waals surface area contributed by atoms with Crippen LogP contribution in [0.5, 0.6) is 5.75 Å². The van der Waals surface area contributed by atoms with Crippen LogP contribution in [0.1, 0.15) is 28.9 Å². The number of rotatable bonds is 5. The van der Waals surface area contributed by atoms with Gasteiger partial charge in [0, 0.05) is 18.8 Å². The lowest BCUT2D eigenvalue weighted by Crippen LogP contribution is -2.21. The molecule has 1 N–H and O–H groups in total. The number of benzene rings is 2. The number of carbonyl (C=O) groups excluding carboxylic acids is 1. The van der Waals surface area contributed by atoms with Crippen LogP contribution in [-0.2, 0) is 6.18 Å². The fourth-order valence-corrected chi connectivity index (χ4v) is 3.69. The Kier molecular flexibility index (Phi) is 5.96. The van der Waals surface area contributed by atoms with Crippen molar-refractivity contribution in [2.45, 2.75) is 19.0 Å². The molecule has 4 rings (SSSR count). The Morgan fingerprint density at radius 2 is 1.76 bits per heavy atom. The maximum atomic E-state index is 14.6. The summed E-state index contributed by atoms with van der Waals surface area (Å²) in [6.07, 6.45) is -1.64. The Morgan fingerprint density at radius 1 is 1.09 bits per heavy atom. The number of nitrogens with zero attached hydrogens (tertiary/aromatic N) is 3. The lowest BCUT2D eigenvalue weighted by molar-refractivity contribution is -0.137. The normalized spacial score (nSPS) is 13.9. The first-order valence-electron chi connectivity index (χ1n) is 10.0. The first kappa shape index (κ1) is 22.6. The van der Waals surface area contributed by atoms with Gasteiger partial charge in [-0.25, -0.2) is 13.5 Å². The van der Waals surface area contributed by atoms with Crippen molar-refractivity contribution in [3.63, 3.8) is 0 Å². The van der Waals surface area contributed by atoms with Gasteiger partial charge in [0.2, 0.25) is 0 Å². The molecule has 2 heterocycles. The molecule has 0 spiro atoms. The molecule has 1 aliphatic heterocycles. The lowest BCUT2D eigenvalue weighted by Gasteiger charge is -2.19. The van der Waals surface area contributed by atoms with Crippen LogP contribution in [-0.4, -0.2) is 35.9 Å². The second kappa shape index (κ2) is 8.72. The van der Waals surface area contributed by atoms with E-state index in [1.54, 1.807) is 4.90 Å². The highest BCUT2D eigenvalue weighted by atomic mass is 19.4. The number of amides is 1. The average Bonchev–Trinajstić information content (AvgIpc) is 3.43. The highest BCUT2D eigenvalue weighted by Crippen LogP contribution is 2.32. The second-order valence-corrected chi connectivity index (χ2v) is 7.48. The van der Waals surface area contributed by atoms with E-state index in [9.17, 15) is 26.7 Å². The molecule has 0 radical (unpaired) electrons. The molecule has 0 unspecified atom stereocenters. The zero-order valence-corrected chi connectivity index (χ0v) is 17.4. The van der Waals surface area contributed by atoms with E-state index in [-0.39, 0.29) is 28.5 Å². The maximum Gasteiger partial charge on any atom is 0.416 e. The van der Waals surface area contributed by atoms with Gasteiger partial charge in [0.05, 0.1) is 24.6 Å². The average molecular weight is 466 g/mol. The van der Waals surface area contributed by atoms with Crippen LogP contribution < -0.4 is 15.0 Å². The molecule has 6 nitrogen and oxygen atoms in total. The zero-order valence-electron chi connectivity index (χ0n) is 17.4. The Morgan fingerprint density at radius 3 is 2.36 bits per heavy atom. The summed E-state index contributed by atoms with van der Waals surface area (Å²) < 4.78 is 74.3. The summed E-state index contributed by atoms with van der Waals surface area (Å²) in [6.45, 7) is 1.09. The van der Waals surface area contributed by atoms with Crippen LogP contribution in [0.2, 0.25) is 0 Å². The van der Waals surface area contributed by atoms with Gasteiger partial charge in [0.25, 0.3) is 5.91 Å². The third-order valence-corrected chi connectivity index (χ3v) is 5.25. The third-order valence-electron chi connectivity index (χ3n) is 5.25. The summed E-state index contributed by atoms with van der Waals surface area (Å²) in [4.78, 5) is 14.3. The summed E-state index contributed by atoms with van der Waals surface area (Å²) in [5.74, 6) is -2.49. The number of methoxy groups -OCH3 is 1. The summed E-state index contributed by atoms with van der Waals surface area (Å²) >= 11 is 0. The van der Waals surface area contributed by atoms with Crippen LogP contribution in [0.15, 0.2) is 42.6 Å². The summed E-state index contributed by atoms with van der Waals surface area (Å²) in [5.41, 5.74) is -1.37. The molecule has 2 aromatic carbocycles. The first-order chi connectivity index (χ1) is 15.7. The van der Waals surface area contributed by atoms with E-state index in [0.29, 0.717) is 13.1 Å². The lowest BCUT2D eigenvalue weighted by atomic mass is 10.2. The number of hydrogen-bond donors (Lipinski definition) is 1. The summed E-state index contributed by atoms with van der Waals surface area (Å²) in [7, 11) is 1.26. The molecule has 1 aliphatic rings. The molecular weight excluding hydrogens is 447 g/mol. The molecule has 33 heavy (non-hydrogen) atoms. The Bertz CT molecular complexity index is 1160. The van der Waals surface area contributed by atoms with E-state index in [1.165, 1.54) is 25.4 Å². The Labute approximate surface area is 185 Å². The van der Waals surface area contributed by atoms with Crippen LogP contribution in [0.3, 0.4) is 0 Å². The number of carbonyl (C=O) groups is 1. The summed E-state index contributed by atoms with van der Waals surface area (Å²) in [6, 6.07) is 6.38. The van der Waals surface area contributed by atoms with Crippen molar-refractivity contribution in [1.29, 1.82) is 0 Å². The van der Waals surface area contributed by atoms with Gasteiger partial charge in [-0.2, -0.15) is 18.3 Å². The number of alkyl halides is 3. The molecule has 0 atom stereocenters. The van der Waals surface area contributed by atoms with Gasteiger partial charge >= 0.3 is 6.18 Å². The van der Waals surface area contributed by atoms with E-state index in [0.717, 1.165) is 41.8 Å². The van der Waals surface area contributed by atoms with Crippen LogP contribution in [0, 0.1) is 11.6 Å². The molecular formula is C22H19F5N4O2. The standard InChI is InChI=1S/C22H19F5N4O2/c1-33-18-12-31(15-6-4-5-13(9-15)22(25,26)27)29-19(18)21(32)28-14-10-16(23)20(17(24)11-14)30-7-2-3-8-30/h4-6,9-12H,2-3,7-8H2,1H3,(H,28,32).